The molecule has 0 amide bonds. The predicted octanol–water partition coefficient (Wildman–Crippen LogP) is 5.91. The second-order valence-electron chi connectivity index (χ2n) is 7.94. The number of anilines is 1. The fourth-order valence-corrected chi connectivity index (χ4v) is 5.13. The van der Waals surface area contributed by atoms with Gasteiger partial charge >= 0.3 is 5.97 Å². The molecule has 0 saturated carbocycles. The predicted molar refractivity (Wildman–Crippen MR) is 124 cm³/mol. The minimum absolute atomic E-state index is 0.0421. The van der Waals surface area contributed by atoms with E-state index in [2.05, 4.69) is 58.4 Å². The molecule has 1 aliphatic heterocycles. The highest BCUT2D eigenvalue weighted by molar-refractivity contribution is 7.17. The van der Waals surface area contributed by atoms with Gasteiger partial charge in [0.15, 0.2) is 0 Å². The Balaban J connectivity index is 1.67. The average molecular weight is 444 g/mol. The van der Waals surface area contributed by atoms with Crippen molar-refractivity contribution in [3.05, 3.63) is 40.5 Å². The smallest absolute Gasteiger partial charge is 0.309 e. The number of hydrogen-bond acceptors (Lipinski definition) is 6. The van der Waals surface area contributed by atoms with Crippen molar-refractivity contribution in [2.75, 3.05) is 24.6 Å². The molecule has 4 rings (SSSR count). The molecule has 0 radical (unpaired) electrons. The number of nitrogens with zero attached hydrogens (tertiary/aromatic N) is 3. The Morgan fingerprint density at radius 1 is 1.23 bits per heavy atom. The zero-order valence-electron chi connectivity index (χ0n) is 17.5. The van der Waals surface area contributed by atoms with Gasteiger partial charge in [-0.3, -0.25) is 4.79 Å². The van der Waals surface area contributed by atoms with Crippen molar-refractivity contribution in [1.29, 1.82) is 0 Å². The molecule has 1 fully saturated rings. The first-order valence-corrected chi connectivity index (χ1v) is 11.7. The number of rotatable bonds is 5. The summed E-state index contributed by atoms with van der Waals surface area (Å²) < 4.78 is 5.20. The number of ether oxygens (including phenoxy) is 1. The second kappa shape index (κ2) is 8.90. The standard InChI is InChI=1S/C23H26ClN3O2S/c1-4-29-22(28)17-9-11-27(12-10-17)20-19-18(13-30-21(19)26-23(24)25-20)16-7-5-15(6-8-16)14(2)3/h5-8,13-14,17H,4,9-12H2,1-3H3. The molecule has 1 aliphatic rings. The van der Waals surface area contributed by atoms with Crippen LogP contribution in [0.4, 0.5) is 5.82 Å². The van der Waals surface area contributed by atoms with E-state index in [1.165, 1.54) is 5.56 Å². The number of esters is 1. The Kier molecular flexibility index (Phi) is 6.25. The minimum atomic E-state index is -0.0931. The van der Waals surface area contributed by atoms with Gasteiger partial charge in [-0.05, 0) is 48.4 Å². The van der Waals surface area contributed by atoms with Gasteiger partial charge in [-0.1, -0.05) is 38.1 Å². The van der Waals surface area contributed by atoms with Crippen LogP contribution in [-0.2, 0) is 9.53 Å². The van der Waals surface area contributed by atoms with Crippen molar-refractivity contribution in [1.82, 2.24) is 9.97 Å². The number of carbonyl (C=O) groups is 1. The van der Waals surface area contributed by atoms with Gasteiger partial charge in [0, 0.05) is 24.0 Å². The maximum absolute atomic E-state index is 12.1. The molecule has 0 aliphatic carbocycles. The van der Waals surface area contributed by atoms with Crippen LogP contribution in [0.2, 0.25) is 5.28 Å². The third-order valence-electron chi connectivity index (χ3n) is 5.69. The molecule has 0 spiro atoms. The first kappa shape index (κ1) is 21.1. The van der Waals surface area contributed by atoms with Gasteiger partial charge in [0.25, 0.3) is 0 Å². The number of carbonyl (C=O) groups excluding carboxylic acids is 1. The van der Waals surface area contributed by atoms with E-state index in [0.29, 0.717) is 12.5 Å². The Morgan fingerprint density at radius 3 is 2.57 bits per heavy atom. The highest BCUT2D eigenvalue weighted by Crippen LogP contribution is 2.40. The summed E-state index contributed by atoms with van der Waals surface area (Å²) in [5.41, 5.74) is 3.60. The summed E-state index contributed by atoms with van der Waals surface area (Å²) in [6.45, 7) is 8.15. The van der Waals surface area contributed by atoms with E-state index in [1.807, 2.05) is 6.92 Å². The van der Waals surface area contributed by atoms with E-state index in [1.54, 1.807) is 11.3 Å². The molecule has 0 bridgehead atoms. The van der Waals surface area contributed by atoms with Crippen LogP contribution in [0.25, 0.3) is 21.3 Å². The average Bonchev–Trinajstić information content (AvgIpc) is 3.17. The molecular weight excluding hydrogens is 418 g/mol. The fraction of sp³-hybridized carbons (Fsp3) is 0.435. The summed E-state index contributed by atoms with van der Waals surface area (Å²) in [6.07, 6.45) is 1.51. The van der Waals surface area contributed by atoms with Crippen molar-refractivity contribution >= 4 is 44.9 Å². The molecular formula is C23H26ClN3O2S. The summed E-state index contributed by atoms with van der Waals surface area (Å²) in [6, 6.07) is 8.71. The summed E-state index contributed by atoms with van der Waals surface area (Å²) in [5.74, 6) is 1.22. The number of piperidine rings is 1. The van der Waals surface area contributed by atoms with Gasteiger partial charge in [-0.25, -0.2) is 4.98 Å². The van der Waals surface area contributed by atoms with E-state index >= 15 is 0 Å². The van der Waals surface area contributed by atoms with Gasteiger partial charge in [0.2, 0.25) is 5.28 Å². The first-order chi connectivity index (χ1) is 14.5. The van der Waals surface area contributed by atoms with E-state index in [4.69, 9.17) is 16.3 Å². The molecule has 1 aromatic carbocycles. The van der Waals surface area contributed by atoms with Crippen molar-refractivity contribution in [2.24, 2.45) is 5.92 Å². The lowest BCUT2D eigenvalue weighted by Crippen LogP contribution is -2.37. The number of aromatic nitrogens is 2. The summed E-state index contributed by atoms with van der Waals surface area (Å²) in [7, 11) is 0. The van der Waals surface area contributed by atoms with Gasteiger partial charge in [0.1, 0.15) is 10.6 Å². The molecule has 0 N–H and O–H groups in total. The lowest BCUT2D eigenvalue weighted by Gasteiger charge is -2.32. The van der Waals surface area contributed by atoms with Crippen LogP contribution < -0.4 is 4.90 Å². The maximum Gasteiger partial charge on any atom is 0.309 e. The highest BCUT2D eigenvalue weighted by atomic mass is 35.5. The highest BCUT2D eigenvalue weighted by Gasteiger charge is 2.28. The Morgan fingerprint density at radius 2 is 1.93 bits per heavy atom. The van der Waals surface area contributed by atoms with E-state index < -0.39 is 0 Å². The van der Waals surface area contributed by atoms with Crippen LogP contribution in [-0.4, -0.2) is 35.6 Å². The van der Waals surface area contributed by atoms with Crippen molar-refractivity contribution < 1.29 is 9.53 Å². The van der Waals surface area contributed by atoms with Crippen LogP contribution in [0, 0.1) is 5.92 Å². The van der Waals surface area contributed by atoms with Crippen LogP contribution in [0.15, 0.2) is 29.6 Å². The zero-order chi connectivity index (χ0) is 21.3. The van der Waals surface area contributed by atoms with Gasteiger partial charge < -0.3 is 9.64 Å². The first-order valence-electron chi connectivity index (χ1n) is 10.4. The molecule has 5 nitrogen and oxygen atoms in total. The van der Waals surface area contributed by atoms with Crippen LogP contribution in [0.5, 0.6) is 0 Å². The molecule has 30 heavy (non-hydrogen) atoms. The van der Waals surface area contributed by atoms with Gasteiger partial charge in [-0.15, -0.1) is 11.3 Å². The lowest BCUT2D eigenvalue weighted by atomic mass is 9.96. The fourth-order valence-electron chi connectivity index (χ4n) is 3.97. The van der Waals surface area contributed by atoms with Gasteiger partial charge in [0.05, 0.1) is 17.9 Å². The minimum Gasteiger partial charge on any atom is -0.466 e. The molecule has 2 aromatic heterocycles. The van der Waals surface area contributed by atoms with Crippen molar-refractivity contribution in [3.63, 3.8) is 0 Å². The third-order valence-corrected chi connectivity index (χ3v) is 6.73. The summed E-state index contributed by atoms with van der Waals surface area (Å²) in [5, 5.41) is 3.43. The number of hydrogen-bond donors (Lipinski definition) is 0. The molecule has 0 unspecified atom stereocenters. The third kappa shape index (κ3) is 4.16. The van der Waals surface area contributed by atoms with E-state index in [-0.39, 0.29) is 17.2 Å². The molecule has 158 valence electrons. The Hall–Kier alpha value is -2.18. The number of benzene rings is 1. The van der Waals surface area contributed by atoms with Crippen LogP contribution >= 0.6 is 22.9 Å². The molecule has 7 heteroatoms. The monoisotopic (exact) mass is 443 g/mol. The van der Waals surface area contributed by atoms with Crippen LogP contribution in [0.3, 0.4) is 0 Å². The summed E-state index contributed by atoms with van der Waals surface area (Å²) >= 11 is 7.85. The molecule has 1 saturated heterocycles. The second-order valence-corrected chi connectivity index (χ2v) is 9.13. The zero-order valence-corrected chi connectivity index (χ0v) is 19.1. The maximum atomic E-state index is 12.1. The largest absolute Gasteiger partial charge is 0.466 e. The SMILES string of the molecule is CCOC(=O)C1CCN(c2nc(Cl)nc3scc(-c4ccc(C(C)C)cc4)c23)CC1. The normalized spacial score (nSPS) is 15.2. The number of halogens is 1. The molecule has 3 heterocycles. The summed E-state index contributed by atoms with van der Waals surface area (Å²) in [4.78, 5) is 24.3. The molecule has 0 atom stereocenters. The van der Waals surface area contributed by atoms with Gasteiger partial charge in [-0.2, -0.15) is 4.98 Å². The number of fused-ring (bicyclic) bond motifs is 1. The van der Waals surface area contributed by atoms with Crippen molar-refractivity contribution in [3.8, 4) is 11.1 Å². The van der Waals surface area contributed by atoms with Crippen molar-refractivity contribution in [2.45, 2.75) is 39.5 Å². The van der Waals surface area contributed by atoms with E-state index in [0.717, 1.165) is 53.1 Å². The quantitative estimate of drug-likeness (QED) is 0.362. The van der Waals surface area contributed by atoms with E-state index in [9.17, 15) is 4.79 Å². The Bertz CT molecular complexity index is 1040. The Labute approximate surface area is 186 Å². The van der Waals surface area contributed by atoms with Crippen LogP contribution in [0.1, 0.15) is 45.1 Å². The number of thiophene rings is 1. The lowest BCUT2D eigenvalue weighted by molar-refractivity contribution is -0.148. The molecule has 3 aromatic rings. The topological polar surface area (TPSA) is 55.3 Å².